The molecule has 0 spiro atoms. The Morgan fingerprint density at radius 3 is 2.07 bits per heavy atom. The van der Waals surface area contributed by atoms with E-state index < -0.39 is 0 Å². The van der Waals surface area contributed by atoms with Crippen molar-refractivity contribution >= 4 is 0 Å². The zero-order valence-corrected chi connectivity index (χ0v) is 11.9. The predicted octanol–water partition coefficient (Wildman–Crippen LogP) is 5.13. The topological polar surface area (TPSA) is 0 Å². The Bertz CT molecular complexity index is 210. The molecular weight excluding hydrogens is 180 g/mol. The van der Waals surface area contributed by atoms with Gasteiger partial charge in [-0.2, -0.15) is 0 Å². The summed E-state index contributed by atoms with van der Waals surface area (Å²) in [5.74, 6) is 2.62. The highest BCUT2D eigenvalue weighted by Crippen LogP contribution is 2.51. The van der Waals surface area contributed by atoms with Crippen molar-refractivity contribution in [1.29, 1.82) is 0 Å². The summed E-state index contributed by atoms with van der Waals surface area (Å²) in [7, 11) is 0. The summed E-state index contributed by atoms with van der Waals surface area (Å²) >= 11 is 0. The third-order valence-electron chi connectivity index (χ3n) is 5.59. The molecule has 0 aromatic heterocycles. The molecule has 1 aliphatic rings. The quantitative estimate of drug-likeness (QED) is 0.592. The minimum absolute atomic E-state index is 0.511. The molecule has 1 fully saturated rings. The van der Waals surface area contributed by atoms with Crippen LogP contribution in [0.15, 0.2) is 0 Å². The maximum atomic E-state index is 2.47. The van der Waals surface area contributed by atoms with Crippen molar-refractivity contribution in [3.8, 4) is 0 Å². The zero-order chi connectivity index (χ0) is 11.9. The number of hydrogen-bond acceptors (Lipinski definition) is 0. The first-order chi connectivity index (χ1) is 6.68. The smallest absolute Gasteiger partial charge is 0.0303 e. The highest BCUT2D eigenvalue weighted by atomic mass is 14.5. The fraction of sp³-hybridized carbons (Fsp3) is 1.00. The molecule has 0 radical (unpaired) electrons. The molecular formula is C15H30. The average molecular weight is 210 g/mol. The fourth-order valence-corrected chi connectivity index (χ4v) is 2.89. The largest absolute Gasteiger partial charge is 0.0623 e. The Balaban J connectivity index is 2.75. The van der Waals surface area contributed by atoms with Crippen molar-refractivity contribution in [3.05, 3.63) is 0 Å². The molecule has 0 saturated heterocycles. The van der Waals surface area contributed by atoms with Crippen LogP contribution < -0.4 is 0 Å². The second kappa shape index (κ2) is 4.11. The molecule has 0 aromatic carbocycles. The van der Waals surface area contributed by atoms with Crippen LogP contribution in [-0.2, 0) is 0 Å². The third kappa shape index (κ3) is 2.57. The van der Waals surface area contributed by atoms with Crippen LogP contribution >= 0.6 is 0 Å². The first-order valence-corrected chi connectivity index (χ1v) is 6.68. The third-order valence-corrected chi connectivity index (χ3v) is 5.59. The van der Waals surface area contributed by atoms with Crippen molar-refractivity contribution < 1.29 is 0 Å². The molecule has 0 N–H and O–H groups in total. The SMILES string of the molecule is CC(C)C(C)(C)C1CC[C@H](C)C(C)(C)C1. The summed E-state index contributed by atoms with van der Waals surface area (Å²) < 4.78 is 0. The lowest BCUT2D eigenvalue weighted by molar-refractivity contribution is 0.0184. The van der Waals surface area contributed by atoms with E-state index in [1.807, 2.05) is 0 Å². The van der Waals surface area contributed by atoms with Gasteiger partial charge in [0, 0.05) is 0 Å². The minimum atomic E-state index is 0.511. The summed E-state index contributed by atoms with van der Waals surface area (Å²) in [4.78, 5) is 0. The normalized spacial score (nSPS) is 32.0. The molecule has 0 heteroatoms. The monoisotopic (exact) mass is 210 g/mol. The Morgan fingerprint density at radius 2 is 1.67 bits per heavy atom. The van der Waals surface area contributed by atoms with Crippen LogP contribution in [0, 0.1) is 28.6 Å². The van der Waals surface area contributed by atoms with Gasteiger partial charge in [-0.15, -0.1) is 0 Å². The van der Waals surface area contributed by atoms with Crippen molar-refractivity contribution in [1.82, 2.24) is 0 Å². The van der Waals surface area contributed by atoms with E-state index in [0.717, 1.165) is 17.8 Å². The van der Waals surface area contributed by atoms with Crippen LogP contribution in [0.1, 0.15) is 67.7 Å². The van der Waals surface area contributed by atoms with Gasteiger partial charge >= 0.3 is 0 Å². The lowest BCUT2D eigenvalue weighted by Crippen LogP contribution is -2.39. The van der Waals surface area contributed by atoms with Gasteiger partial charge in [0.1, 0.15) is 0 Å². The molecule has 0 aliphatic heterocycles. The first kappa shape index (κ1) is 13.1. The van der Waals surface area contributed by atoms with Gasteiger partial charge in [-0.05, 0) is 47.8 Å². The maximum absolute atomic E-state index is 2.47. The molecule has 90 valence electrons. The Morgan fingerprint density at radius 1 is 1.13 bits per heavy atom. The van der Waals surface area contributed by atoms with Gasteiger partial charge in [0.25, 0.3) is 0 Å². The van der Waals surface area contributed by atoms with Crippen LogP contribution in [-0.4, -0.2) is 0 Å². The van der Waals surface area contributed by atoms with Gasteiger partial charge in [-0.25, -0.2) is 0 Å². The van der Waals surface area contributed by atoms with E-state index >= 15 is 0 Å². The van der Waals surface area contributed by atoms with Crippen molar-refractivity contribution in [3.63, 3.8) is 0 Å². The van der Waals surface area contributed by atoms with E-state index in [9.17, 15) is 0 Å². The molecule has 0 nitrogen and oxygen atoms in total. The second-order valence-electron chi connectivity index (χ2n) is 7.34. The molecule has 15 heavy (non-hydrogen) atoms. The highest BCUT2D eigenvalue weighted by Gasteiger charge is 2.41. The van der Waals surface area contributed by atoms with Crippen LogP contribution in [0.4, 0.5) is 0 Å². The van der Waals surface area contributed by atoms with Gasteiger partial charge in [0.2, 0.25) is 0 Å². The molecule has 0 bridgehead atoms. The highest BCUT2D eigenvalue weighted by molar-refractivity contribution is 4.91. The van der Waals surface area contributed by atoms with Gasteiger partial charge in [0.15, 0.2) is 0 Å². The van der Waals surface area contributed by atoms with E-state index in [-0.39, 0.29) is 0 Å². The maximum Gasteiger partial charge on any atom is -0.0303 e. The van der Waals surface area contributed by atoms with Crippen LogP contribution in [0.2, 0.25) is 0 Å². The average Bonchev–Trinajstić information content (AvgIpc) is 2.09. The summed E-state index contributed by atoms with van der Waals surface area (Å²) in [5, 5.41) is 0. The van der Waals surface area contributed by atoms with E-state index in [2.05, 4.69) is 48.5 Å². The van der Waals surface area contributed by atoms with E-state index in [1.54, 1.807) is 0 Å². The van der Waals surface area contributed by atoms with Crippen LogP contribution in [0.3, 0.4) is 0 Å². The Hall–Kier alpha value is 0. The lowest BCUT2D eigenvalue weighted by atomic mass is 9.57. The molecule has 0 aromatic rings. The number of hydrogen-bond donors (Lipinski definition) is 0. The Kier molecular flexibility index (Phi) is 3.58. The van der Waals surface area contributed by atoms with Gasteiger partial charge in [-0.1, -0.05) is 48.5 Å². The van der Waals surface area contributed by atoms with Gasteiger partial charge in [-0.3, -0.25) is 0 Å². The zero-order valence-electron chi connectivity index (χ0n) is 11.9. The van der Waals surface area contributed by atoms with E-state index in [0.29, 0.717) is 10.8 Å². The second-order valence-corrected chi connectivity index (χ2v) is 7.34. The molecule has 2 atom stereocenters. The molecule has 1 saturated carbocycles. The number of rotatable bonds is 2. The van der Waals surface area contributed by atoms with Gasteiger partial charge < -0.3 is 0 Å². The van der Waals surface area contributed by atoms with E-state index in [4.69, 9.17) is 0 Å². The summed E-state index contributed by atoms with van der Waals surface area (Å²) in [6, 6.07) is 0. The Labute approximate surface area is 96.8 Å². The summed E-state index contributed by atoms with van der Waals surface area (Å²) in [6.45, 7) is 17.0. The summed E-state index contributed by atoms with van der Waals surface area (Å²) in [6.07, 6.45) is 4.28. The van der Waals surface area contributed by atoms with Crippen molar-refractivity contribution in [2.45, 2.75) is 67.7 Å². The first-order valence-electron chi connectivity index (χ1n) is 6.68. The van der Waals surface area contributed by atoms with Gasteiger partial charge in [0.05, 0.1) is 0 Å². The van der Waals surface area contributed by atoms with Crippen LogP contribution in [0.5, 0.6) is 0 Å². The lowest BCUT2D eigenvalue weighted by Gasteiger charge is -2.48. The molecule has 0 heterocycles. The molecule has 0 amide bonds. The van der Waals surface area contributed by atoms with E-state index in [1.165, 1.54) is 19.3 Å². The van der Waals surface area contributed by atoms with Crippen molar-refractivity contribution in [2.24, 2.45) is 28.6 Å². The summed E-state index contributed by atoms with van der Waals surface area (Å²) in [5.41, 5.74) is 1.06. The predicted molar refractivity (Wildman–Crippen MR) is 68.9 cm³/mol. The minimum Gasteiger partial charge on any atom is -0.0623 e. The molecule has 1 rings (SSSR count). The molecule has 1 unspecified atom stereocenters. The van der Waals surface area contributed by atoms with Crippen molar-refractivity contribution in [2.75, 3.05) is 0 Å². The van der Waals surface area contributed by atoms with Crippen LogP contribution in [0.25, 0.3) is 0 Å². The standard InChI is InChI=1S/C15H30/c1-11(2)15(6,7)13-9-8-12(3)14(4,5)10-13/h11-13H,8-10H2,1-7H3/t12-,13?/m0/s1. The fourth-order valence-electron chi connectivity index (χ4n) is 2.89. The molecule has 1 aliphatic carbocycles.